The molecule has 14 heteroatoms. The molecule has 0 radical (unpaired) electrons. The van der Waals surface area contributed by atoms with Crippen LogP contribution in [0.15, 0.2) is 0 Å². The Morgan fingerprint density at radius 3 is 2.18 bits per heavy atom. The average Bonchev–Trinajstić information content (AvgIpc) is 2.43. The molecule has 0 aromatic heterocycles. The van der Waals surface area contributed by atoms with Crippen molar-refractivity contribution in [3.05, 3.63) is 0 Å². The first-order chi connectivity index (χ1) is 9.68. The van der Waals surface area contributed by atoms with Gasteiger partial charge in [-0.1, -0.05) is 5.04 Å². The van der Waals surface area contributed by atoms with Gasteiger partial charge in [-0.25, -0.2) is 22.8 Å². The monoisotopic (exact) mass is 376 g/mol. The fourth-order valence-corrected chi connectivity index (χ4v) is 2.86. The summed E-state index contributed by atoms with van der Waals surface area (Å²) in [4.78, 5) is 0. The van der Waals surface area contributed by atoms with Gasteiger partial charge >= 0.3 is 0 Å². The summed E-state index contributed by atoms with van der Waals surface area (Å²) in [5.41, 5.74) is 0. The molecule has 1 aliphatic rings. The quantitative estimate of drug-likeness (QED) is 0.171. The second-order valence-electron chi connectivity index (χ2n) is 4.63. The SMILES string of the molecule is CC(F)(F)C1(C)OC(F)(CSOOO)C(F)(CS(=O)(=O)O)O1. The van der Waals surface area contributed by atoms with Gasteiger partial charge in [0.15, 0.2) is 0 Å². The molecule has 1 rings (SSSR count). The maximum Gasteiger partial charge on any atom is 0.298 e. The molecule has 0 aliphatic carbocycles. The van der Waals surface area contributed by atoms with Gasteiger partial charge in [0.1, 0.15) is 5.75 Å². The standard InChI is InChI=1S/C8H12F4O8S2/c1-5(9,10)6(2)17-7(11,3-21-20-19-13)8(12,18-6)4-22(14,15)16/h13H,3-4H2,1-2H3,(H,14,15,16). The fourth-order valence-electron chi connectivity index (χ4n) is 1.60. The van der Waals surface area contributed by atoms with Crippen molar-refractivity contribution in [2.75, 3.05) is 11.5 Å². The lowest BCUT2D eigenvalue weighted by molar-refractivity contribution is -0.432. The molecule has 0 bridgehead atoms. The van der Waals surface area contributed by atoms with E-state index in [4.69, 9.17) is 9.81 Å². The molecule has 132 valence electrons. The number of hydrogen-bond acceptors (Lipinski definition) is 8. The van der Waals surface area contributed by atoms with Crippen LogP contribution in [-0.4, -0.2) is 53.2 Å². The van der Waals surface area contributed by atoms with Crippen LogP contribution in [0.3, 0.4) is 0 Å². The normalized spacial score (nSPS) is 36.7. The minimum Gasteiger partial charge on any atom is -0.302 e. The number of hydrogen-bond donors (Lipinski definition) is 2. The van der Waals surface area contributed by atoms with Crippen LogP contribution in [-0.2, 0) is 29.0 Å². The Morgan fingerprint density at radius 2 is 1.77 bits per heavy atom. The number of rotatable bonds is 7. The third kappa shape index (κ3) is 4.00. The highest BCUT2D eigenvalue weighted by atomic mass is 32.2. The molecular weight excluding hydrogens is 364 g/mol. The molecule has 1 heterocycles. The molecule has 1 fully saturated rings. The van der Waals surface area contributed by atoms with E-state index in [9.17, 15) is 26.0 Å². The minimum atomic E-state index is -5.16. The lowest BCUT2D eigenvalue weighted by Crippen LogP contribution is -2.51. The summed E-state index contributed by atoms with van der Waals surface area (Å²) in [5, 5.41) is 11.0. The lowest BCUT2D eigenvalue weighted by atomic mass is 10.2. The highest BCUT2D eigenvalue weighted by Crippen LogP contribution is 2.53. The molecule has 1 saturated heterocycles. The van der Waals surface area contributed by atoms with E-state index in [1.54, 1.807) is 0 Å². The van der Waals surface area contributed by atoms with Crippen LogP contribution in [0.5, 0.6) is 0 Å². The molecular formula is C8H12F4O8S2. The van der Waals surface area contributed by atoms with Gasteiger partial charge in [0, 0.05) is 19.0 Å². The summed E-state index contributed by atoms with van der Waals surface area (Å²) in [6, 6.07) is 0. The maximum atomic E-state index is 14.6. The first-order valence-corrected chi connectivity index (χ1v) is 7.91. The van der Waals surface area contributed by atoms with Gasteiger partial charge < -0.3 is 9.47 Å². The second kappa shape index (κ2) is 6.01. The highest BCUT2D eigenvalue weighted by Gasteiger charge is 2.74. The van der Waals surface area contributed by atoms with Crippen LogP contribution in [0.25, 0.3) is 0 Å². The van der Waals surface area contributed by atoms with E-state index in [0.717, 1.165) is 0 Å². The first kappa shape index (κ1) is 19.8. The van der Waals surface area contributed by atoms with Crippen LogP contribution in [0.1, 0.15) is 13.8 Å². The van der Waals surface area contributed by atoms with Crippen molar-refractivity contribution in [1.82, 2.24) is 0 Å². The molecule has 1 aliphatic heterocycles. The first-order valence-electron chi connectivity index (χ1n) is 5.39. The molecule has 0 aromatic rings. The van der Waals surface area contributed by atoms with Gasteiger partial charge in [0.2, 0.25) is 5.79 Å². The zero-order chi connectivity index (χ0) is 17.4. The number of ether oxygens (including phenoxy) is 2. The van der Waals surface area contributed by atoms with E-state index in [0.29, 0.717) is 6.92 Å². The van der Waals surface area contributed by atoms with Gasteiger partial charge in [-0.15, -0.1) is 4.33 Å². The Bertz CT molecular complexity index is 513. The smallest absolute Gasteiger partial charge is 0.298 e. The van der Waals surface area contributed by atoms with Crippen molar-refractivity contribution in [3.63, 3.8) is 0 Å². The van der Waals surface area contributed by atoms with E-state index < -0.39 is 45.0 Å². The average molecular weight is 376 g/mol. The molecule has 22 heavy (non-hydrogen) atoms. The Kier molecular flexibility index (Phi) is 5.42. The predicted octanol–water partition coefficient (Wildman–Crippen LogP) is 1.69. The third-order valence-electron chi connectivity index (χ3n) is 2.76. The van der Waals surface area contributed by atoms with E-state index in [1.807, 2.05) is 0 Å². The van der Waals surface area contributed by atoms with Gasteiger partial charge in [0.05, 0.1) is 5.75 Å². The van der Waals surface area contributed by atoms with Crippen LogP contribution in [0, 0.1) is 0 Å². The largest absolute Gasteiger partial charge is 0.302 e. The van der Waals surface area contributed by atoms with Gasteiger partial charge in [0.25, 0.3) is 27.8 Å². The number of alkyl halides is 4. The summed E-state index contributed by atoms with van der Waals surface area (Å²) in [6.07, 6.45) is 0. The molecule has 3 atom stereocenters. The van der Waals surface area contributed by atoms with Gasteiger partial charge in [-0.2, -0.15) is 8.42 Å². The van der Waals surface area contributed by atoms with Crippen LogP contribution in [0.2, 0.25) is 0 Å². The minimum absolute atomic E-state index is 0.125. The van der Waals surface area contributed by atoms with Gasteiger partial charge in [-0.3, -0.25) is 4.55 Å². The molecule has 0 aromatic carbocycles. The molecule has 8 nitrogen and oxygen atoms in total. The zero-order valence-corrected chi connectivity index (χ0v) is 12.7. The molecule has 0 amide bonds. The van der Waals surface area contributed by atoms with Crippen LogP contribution in [0.4, 0.5) is 17.6 Å². The second-order valence-corrected chi connectivity index (χ2v) is 6.74. The Morgan fingerprint density at radius 1 is 1.27 bits per heavy atom. The van der Waals surface area contributed by atoms with Crippen molar-refractivity contribution >= 4 is 22.2 Å². The van der Waals surface area contributed by atoms with E-state index in [1.165, 1.54) is 0 Å². The summed E-state index contributed by atoms with van der Waals surface area (Å²) in [5.74, 6) is -18.1. The summed E-state index contributed by atoms with van der Waals surface area (Å²) >= 11 is -0.125. The Labute approximate surface area is 126 Å². The summed E-state index contributed by atoms with van der Waals surface area (Å²) < 4.78 is 98.5. The summed E-state index contributed by atoms with van der Waals surface area (Å²) in [6.45, 7) is 0.716. The zero-order valence-electron chi connectivity index (χ0n) is 11.1. The van der Waals surface area contributed by atoms with Crippen molar-refractivity contribution in [2.24, 2.45) is 0 Å². The predicted molar refractivity (Wildman–Crippen MR) is 62.5 cm³/mol. The van der Waals surface area contributed by atoms with Crippen molar-refractivity contribution in [3.8, 4) is 0 Å². The molecule has 3 unspecified atom stereocenters. The van der Waals surface area contributed by atoms with Crippen molar-refractivity contribution in [1.29, 1.82) is 0 Å². The van der Waals surface area contributed by atoms with Gasteiger partial charge in [-0.05, 0) is 6.92 Å². The molecule has 0 saturated carbocycles. The maximum absolute atomic E-state index is 14.6. The van der Waals surface area contributed by atoms with Crippen molar-refractivity contribution < 1.29 is 54.6 Å². The molecule has 0 spiro atoms. The summed E-state index contributed by atoms with van der Waals surface area (Å²) in [7, 11) is -5.16. The Hall–Kier alpha value is -0.220. The third-order valence-corrected chi connectivity index (χ3v) is 4.14. The van der Waals surface area contributed by atoms with Crippen LogP contribution >= 0.6 is 12.0 Å². The van der Waals surface area contributed by atoms with E-state index >= 15 is 0 Å². The lowest BCUT2D eigenvalue weighted by Gasteiger charge is -2.29. The Balaban J connectivity index is 3.18. The van der Waals surface area contributed by atoms with E-state index in [2.05, 4.69) is 18.8 Å². The van der Waals surface area contributed by atoms with Crippen molar-refractivity contribution in [2.45, 2.75) is 37.3 Å². The molecule has 2 N–H and O–H groups in total. The highest BCUT2D eigenvalue weighted by molar-refractivity contribution is 7.94. The number of halogens is 4. The van der Waals surface area contributed by atoms with E-state index in [-0.39, 0.29) is 19.0 Å². The fraction of sp³-hybridized carbons (Fsp3) is 1.00. The topological polar surface area (TPSA) is 112 Å². The van der Waals surface area contributed by atoms with Crippen LogP contribution < -0.4 is 0 Å².